The third-order valence-electron chi connectivity index (χ3n) is 3.23. The number of nitrogens with one attached hydrogen (secondary N) is 2. The Morgan fingerprint density at radius 3 is 3.00 bits per heavy atom. The van der Waals surface area contributed by atoms with E-state index in [1.165, 1.54) is 30.0 Å². The van der Waals surface area contributed by atoms with Gasteiger partial charge in [-0.1, -0.05) is 17.4 Å². The molecule has 7 nitrogen and oxygen atoms in total. The predicted octanol–water partition coefficient (Wildman–Crippen LogP) is 3.01. The fourth-order valence-corrected chi connectivity index (χ4v) is 3.72. The van der Waals surface area contributed by atoms with Gasteiger partial charge in [0.25, 0.3) is 5.91 Å². The number of hydrogen-bond acceptors (Lipinski definition) is 7. The molecule has 1 aromatic heterocycles. The molecule has 0 bridgehead atoms. The van der Waals surface area contributed by atoms with Crippen LogP contribution in [0.5, 0.6) is 5.75 Å². The first-order valence-corrected chi connectivity index (χ1v) is 8.87. The van der Waals surface area contributed by atoms with Crippen molar-refractivity contribution in [3.05, 3.63) is 39.7 Å². The molecule has 1 fully saturated rings. The third kappa shape index (κ3) is 4.06. The minimum absolute atomic E-state index is 0.155. The van der Waals surface area contributed by atoms with E-state index in [4.69, 9.17) is 0 Å². The summed E-state index contributed by atoms with van der Waals surface area (Å²) in [7, 11) is 0. The molecule has 0 atom stereocenters. The molecule has 1 aromatic carbocycles. The molecule has 0 radical (unpaired) electrons. The van der Waals surface area contributed by atoms with Crippen LogP contribution in [0.15, 0.2) is 34.3 Å². The number of phenolic OH excluding ortho intramolecular Hbond substituents is 1. The Hall–Kier alpha value is -2.65. The number of amides is 2. The van der Waals surface area contributed by atoms with Gasteiger partial charge in [0.05, 0.1) is 15.5 Å². The molecule has 0 saturated carbocycles. The molecule has 1 aliphatic rings. The number of benzene rings is 1. The first-order chi connectivity index (χ1) is 11.9. The van der Waals surface area contributed by atoms with E-state index >= 15 is 0 Å². The van der Waals surface area contributed by atoms with Crippen LogP contribution in [0.4, 0.5) is 10.8 Å². The molecule has 1 saturated heterocycles. The average Bonchev–Trinajstić information content (AvgIpc) is 3.11. The number of rotatable bonds is 3. The lowest BCUT2D eigenvalue weighted by atomic mass is 10.2. The average molecular weight is 374 g/mol. The Kier molecular flexibility index (Phi) is 4.86. The monoisotopic (exact) mass is 374 g/mol. The number of aliphatic imine (C=N–C) groups is 1. The van der Waals surface area contributed by atoms with Gasteiger partial charge < -0.3 is 15.7 Å². The number of carbonyl (C=O) groups excluding carboxylic acids is 2. The van der Waals surface area contributed by atoms with Gasteiger partial charge in [-0.15, -0.1) is 0 Å². The zero-order valence-electron chi connectivity index (χ0n) is 13.4. The molecule has 25 heavy (non-hydrogen) atoms. The van der Waals surface area contributed by atoms with Crippen molar-refractivity contribution in [2.45, 2.75) is 13.8 Å². The highest BCUT2D eigenvalue weighted by Crippen LogP contribution is 2.32. The summed E-state index contributed by atoms with van der Waals surface area (Å²) in [5.74, 6) is -0.296. The van der Waals surface area contributed by atoms with Gasteiger partial charge >= 0.3 is 0 Å². The second-order valence-electron chi connectivity index (χ2n) is 5.15. The van der Waals surface area contributed by atoms with E-state index in [1.807, 2.05) is 0 Å². The quantitative estimate of drug-likeness (QED) is 0.717. The van der Waals surface area contributed by atoms with Crippen LogP contribution in [0.25, 0.3) is 6.08 Å². The molecular formula is C16H14N4O3S2. The number of aromatic hydroxyl groups is 1. The van der Waals surface area contributed by atoms with Crippen LogP contribution in [-0.4, -0.2) is 27.1 Å². The third-order valence-corrected chi connectivity index (χ3v) is 5.00. The van der Waals surface area contributed by atoms with Crippen molar-refractivity contribution in [3.8, 4) is 5.75 Å². The molecule has 128 valence electrons. The van der Waals surface area contributed by atoms with Crippen molar-refractivity contribution >= 4 is 57.0 Å². The van der Waals surface area contributed by atoms with E-state index in [0.717, 1.165) is 4.88 Å². The maximum atomic E-state index is 12.1. The van der Waals surface area contributed by atoms with Crippen molar-refractivity contribution in [3.63, 3.8) is 0 Å². The Morgan fingerprint density at radius 1 is 1.44 bits per heavy atom. The first kappa shape index (κ1) is 17.2. The normalized spacial score (nSPS) is 17.1. The zero-order chi connectivity index (χ0) is 18.0. The largest absolute Gasteiger partial charge is 0.508 e. The smallest absolute Gasteiger partial charge is 0.264 e. The van der Waals surface area contributed by atoms with Gasteiger partial charge in [0.15, 0.2) is 10.3 Å². The number of aromatic nitrogens is 1. The summed E-state index contributed by atoms with van der Waals surface area (Å²) in [5, 5.41) is 15.9. The summed E-state index contributed by atoms with van der Waals surface area (Å²) in [6, 6.07) is 5.04. The van der Waals surface area contributed by atoms with Crippen LogP contribution >= 0.6 is 23.1 Å². The summed E-state index contributed by atoms with van der Waals surface area (Å²) in [4.78, 5) is 32.8. The fourth-order valence-electron chi connectivity index (χ4n) is 2.01. The Morgan fingerprint density at radius 2 is 2.24 bits per heavy atom. The van der Waals surface area contributed by atoms with Crippen LogP contribution < -0.4 is 10.6 Å². The van der Waals surface area contributed by atoms with Gasteiger partial charge in [-0.25, -0.2) is 9.98 Å². The van der Waals surface area contributed by atoms with E-state index in [0.29, 0.717) is 26.5 Å². The lowest BCUT2D eigenvalue weighted by Crippen LogP contribution is -2.19. The van der Waals surface area contributed by atoms with Crippen molar-refractivity contribution in [2.24, 2.45) is 4.99 Å². The Balaban J connectivity index is 1.80. The number of thioether (sulfide) groups is 1. The summed E-state index contributed by atoms with van der Waals surface area (Å²) in [5.41, 5.74) is 1.24. The van der Waals surface area contributed by atoms with Gasteiger partial charge in [0, 0.05) is 18.7 Å². The van der Waals surface area contributed by atoms with Crippen molar-refractivity contribution in [2.75, 3.05) is 5.32 Å². The van der Waals surface area contributed by atoms with Crippen molar-refractivity contribution in [1.29, 1.82) is 0 Å². The Bertz CT molecular complexity index is 918. The van der Waals surface area contributed by atoms with Gasteiger partial charge in [-0.2, -0.15) is 0 Å². The fraction of sp³-hybridized carbons (Fsp3) is 0.125. The van der Waals surface area contributed by atoms with Gasteiger partial charge in [-0.05, 0) is 36.9 Å². The SMILES string of the molecule is CC(=O)Nc1ncc(/C=C2\SC(=Nc3cccc(O)c3C)NC2=O)s1. The highest BCUT2D eigenvalue weighted by molar-refractivity contribution is 8.18. The standard InChI is InChI=1S/C16H14N4O3S2/c1-8-11(4-3-5-12(8)22)19-16-20-14(23)13(25-16)6-10-7-17-15(24-10)18-9(2)21/h3-7,22H,1-2H3,(H,17,18,21)(H,19,20,23)/b13-6-. The number of hydrogen-bond donors (Lipinski definition) is 3. The number of amidine groups is 1. The Labute approximate surface area is 151 Å². The lowest BCUT2D eigenvalue weighted by molar-refractivity contribution is -0.115. The number of carbonyl (C=O) groups is 2. The summed E-state index contributed by atoms with van der Waals surface area (Å²) in [6.07, 6.45) is 3.28. The highest BCUT2D eigenvalue weighted by atomic mass is 32.2. The molecule has 3 N–H and O–H groups in total. The van der Waals surface area contributed by atoms with E-state index in [9.17, 15) is 14.7 Å². The maximum absolute atomic E-state index is 12.1. The molecule has 0 unspecified atom stereocenters. The van der Waals surface area contributed by atoms with Gasteiger partial charge in [0.1, 0.15) is 5.75 Å². The van der Waals surface area contributed by atoms with Crippen LogP contribution in [0, 0.1) is 6.92 Å². The van der Waals surface area contributed by atoms with E-state index in [1.54, 1.807) is 37.4 Å². The van der Waals surface area contributed by atoms with Gasteiger partial charge in [-0.3, -0.25) is 9.59 Å². The topological polar surface area (TPSA) is 104 Å². The summed E-state index contributed by atoms with van der Waals surface area (Å²) in [6.45, 7) is 3.17. The molecule has 2 amide bonds. The van der Waals surface area contributed by atoms with Crippen LogP contribution in [0.3, 0.4) is 0 Å². The first-order valence-electron chi connectivity index (χ1n) is 7.24. The minimum atomic E-state index is -0.254. The highest BCUT2D eigenvalue weighted by Gasteiger charge is 2.24. The molecule has 1 aliphatic heterocycles. The van der Waals surface area contributed by atoms with Crippen molar-refractivity contribution < 1.29 is 14.7 Å². The lowest BCUT2D eigenvalue weighted by Gasteiger charge is -2.02. The second-order valence-corrected chi connectivity index (χ2v) is 7.24. The molecule has 9 heteroatoms. The zero-order valence-corrected chi connectivity index (χ0v) is 15.0. The van der Waals surface area contributed by atoms with E-state index < -0.39 is 0 Å². The van der Waals surface area contributed by atoms with Crippen LogP contribution in [0.1, 0.15) is 17.4 Å². The molecule has 3 rings (SSSR count). The molecule has 2 aromatic rings. The number of nitrogens with zero attached hydrogens (tertiary/aromatic N) is 2. The number of thiazole rings is 1. The van der Waals surface area contributed by atoms with Crippen LogP contribution in [-0.2, 0) is 9.59 Å². The minimum Gasteiger partial charge on any atom is -0.508 e. The van der Waals surface area contributed by atoms with E-state index in [2.05, 4.69) is 20.6 Å². The molecule has 2 heterocycles. The van der Waals surface area contributed by atoms with Crippen molar-refractivity contribution in [1.82, 2.24) is 10.3 Å². The van der Waals surface area contributed by atoms with E-state index in [-0.39, 0.29) is 17.6 Å². The molecule has 0 spiro atoms. The number of anilines is 1. The molecular weight excluding hydrogens is 360 g/mol. The van der Waals surface area contributed by atoms with Gasteiger partial charge in [0.2, 0.25) is 5.91 Å². The predicted molar refractivity (Wildman–Crippen MR) is 100 cm³/mol. The summed E-state index contributed by atoms with van der Waals surface area (Å²) < 4.78 is 0. The maximum Gasteiger partial charge on any atom is 0.264 e. The summed E-state index contributed by atoms with van der Waals surface area (Å²) >= 11 is 2.48. The molecule has 0 aliphatic carbocycles. The second kappa shape index (κ2) is 7.08. The van der Waals surface area contributed by atoms with Crippen LogP contribution in [0.2, 0.25) is 0 Å². The number of phenols is 1.